The summed E-state index contributed by atoms with van der Waals surface area (Å²) in [6.45, 7) is 0.251. The van der Waals surface area contributed by atoms with Gasteiger partial charge in [-0.3, -0.25) is 9.59 Å². The third-order valence-corrected chi connectivity index (χ3v) is 5.53. The molecule has 0 aliphatic carbocycles. The summed E-state index contributed by atoms with van der Waals surface area (Å²) >= 11 is 14.8. The van der Waals surface area contributed by atoms with E-state index in [0.29, 0.717) is 31.3 Å². The van der Waals surface area contributed by atoms with Crippen LogP contribution in [0.2, 0.25) is 10.0 Å². The zero-order valence-corrected chi connectivity index (χ0v) is 16.4. The molecule has 2 amide bonds. The summed E-state index contributed by atoms with van der Waals surface area (Å²) in [6.07, 6.45) is 0.157. The largest absolute Gasteiger partial charge is 0.351 e. The molecule has 2 aromatic heterocycles. The number of hydrogen-bond donors (Lipinski definition) is 2. The van der Waals surface area contributed by atoms with Crippen molar-refractivity contribution in [3.05, 3.63) is 56.0 Å². The quantitative estimate of drug-likeness (QED) is 0.587. The Bertz CT molecular complexity index is 926. The van der Waals surface area contributed by atoms with Crippen molar-refractivity contribution >= 4 is 62.8 Å². The second-order valence-corrected chi connectivity index (χ2v) is 7.84. The topological polar surface area (TPSA) is 71.1 Å². The van der Waals surface area contributed by atoms with Gasteiger partial charge in [0.25, 0.3) is 5.91 Å². The monoisotopic (exact) mass is 425 g/mol. The molecule has 0 saturated carbocycles. The Kier molecular flexibility index (Phi) is 6.26. The fraction of sp³-hybridized carbons (Fsp3) is 0.118. The van der Waals surface area contributed by atoms with Gasteiger partial charge in [0.15, 0.2) is 5.13 Å². The van der Waals surface area contributed by atoms with Gasteiger partial charge in [0, 0.05) is 28.9 Å². The van der Waals surface area contributed by atoms with E-state index in [1.165, 1.54) is 22.7 Å². The highest BCUT2D eigenvalue weighted by Crippen LogP contribution is 2.32. The Morgan fingerprint density at radius 2 is 2.00 bits per heavy atom. The molecule has 0 radical (unpaired) electrons. The molecule has 0 bridgehead atoms. The highest BCUT2D eigenvalue weighted by molar-refractivity contribution is 7.14. The highest BCUT2D eigenvalue weighted by atomic mass is 35.5. The number of thiophene rings is 1. The van der Waals surface area contributed by atoms with Crippen molar-refractivity contribution in [2.45, 2.75) is 6.42 Å². The fourth-order valence-electron chi connectivity index (χ4n) is 2.11. The summed E-state index contributed by atoms with van der Waals surface area (Å²) in [7, 11) is 0. The smallest absolute Gasteiger partial charge is 0.261 e. The zero-order valence-electron chi connectivity index (χ0n) is 13.3. The maximum atomic E-state index is 12.0. The minimum absolute atomic E-state index is 0.157. The first kappa shape index (κ1) is 18.8. The van der Waals surface area contributed by atoms with Crippen LogP contribution in [0.3, 0.4) is 0 Å². The van der Waals surface area contributed by atoms with Crippen molar-refractivity contribution in [2.75, 3.05) is 11.9 Å². The highest BCUT2D eigenvalue weighted by Gasteiger charge is 2.12. The van der Waals surface area contributed by atoms with E-state index in [-0.39, 0.29) is 24.8 Å². The van der Waals surface area contributed by atoms with E-state index < -0.39 is 0 Å². The SMILES string of the molecule is O=C(CCNC(=O)c1cccs1)Nc1nc(-c2cc(Cl)ccc2Cl)cs1. The Morgan fingerprint density at radius 3 is 2.77 bits per heavy atom. The molecule has 0 unspecified atom stereocenters. The van der Waals surface area contributed by atoms with Crippen LogP contribution in [0.1, 0.15) is 16.1 Å². The Labute approximate surface area is 168 Å². The molecule has 0 aliphatic rings. The zero-order chi connectivity index (χ0) is 18.5. The number of carbonyl (C=O) groups is 2. The van der Waals surface area contributed by atoms with Gasteiger partial charge in [-0.1, -0.05) is 29.3 Å². The summed E-state index contributed by atoms with van der Waals surface area (Å²) < 4.78 is 0. The van der Waals surface area contributed by atoms with Gasteiger partial charge in [-0.2, -0.15) is 0 Å². The minimum atomic E-state index is -0.227. The van der Waals surface area contributed by atoms with Gasteiger partial charge < -0.3 is 10.6 Å². The number of aromatic nitrogens is 1. The molecule has 5 nitrogen and oxygen atoms in total. The number of halogens is 2. The maximum Gasteiger partial charge on any atom is 0.261 e. The Morgan fingerprint density at radius 1 is 1.15 bits per heavy atom. The van der Waals surface area contributed by atoms with Gasteiger partial charge in [-0.05, 0) is 29.6 Å². The summed E-state index contributed by atoms with van der Waals surface area (Å²) in [5.41, 5.74) is 1.35. The van der Waals surface area contributed by atoms with Gasteiger partial charge >= 0.3 is 0 Å². The molecular formula is C17H13Cl2N3O2S2. The number of carbonyl (C=O) groups excluding carboxylic acids is 2. The van der Waals surface area contributed by atoms with Crippen LogP contribution < -0.4 is 10.6 Å². The van der Waals surface area contributed by atoms with Crippen LogP contribution >= 0.6 is 45.9 Å². The lowest BCUT2D eigenvalue weighted by Crippen LogP contribution is -2.27. The minimum Gasteiger partial charge on any atom is -0.351 e. The van der Waals surface area contributed by atoms with Crippen molar-refractivity contribution in [1.29, 1.82) is 0 Å². The first-order chi connectivity index (χ1) is 12.5. The van der Waals surface area contributed by atoms with Crippen LogP contribution in [0.15, 0.2) is 41.1 Å². The number of benzene rings is 1. The van der Waals surface area contributed by atoms with Crippen molar-refractivity contribution in [2.24, 2.45) is 0 Å². The van der Waals surface area contributed by atoms with E-state index in [1.807, 2.05) is 5.38 Å². The summed E-state index contributed by atoms with van der Waals surface area (Å²) in [5.74, 6) is -0.408. The van der Waals surface area contributed by atoms with Gasteiger partial charge in [0.2, 0.25) is 5.91 Å². The standard InChI is InChI=1S/C17H13Cl2N3O2S2/c18-10-3-4-12(19)11(8-10)13-9-26-17(21-13)22-15(23)5-6-20-16(24)14-2-1-7-25-14/h1-4,7-9H,5-6H2,(H,20,24)(H,21,22,23). The first-order valence-electron chi connectivity index (χ1n) is 7.55. The molecule has 0 fully saturated rings. The molecule has 3 aromatic rings. The van der Waals surface area contributed by atoms with Crippen molar-refractivity contribution in [3.8, 4) is 11.3 Å². The molecule has 0 saturated heterocycles. The average Bonchev–Trinajstić information content (AvgIpc) is 3.29. The van der Waals surface area contributed by atoms with Crippen LogP contribution in [-0.2, 0) is 4.79 Å². The van der Waals surface area contributed by atoms with E-state index in [9.17, 15) is 9.59 Å². The van der Waals surface area contributed by atoms with Gasteiger partial charge in [0.05, 0.1) is 15.6 Å². The Balaban J connectivity index is 1.53. The van der Waals surface area contributed by atoms with Crippen molar-refractivity contribution in [1.82, 2.24) is 10.3 Å². The third-order valence-electron chi connectivity index (χ3n) is 3.34. The molecule has 2 heterocycles. The number of rotatable bonds is 6. The van der Waals surface area contributed by atoms with Crippen LogP contribution in [0, 0.1) is 0 Å². The molecule has 26 heavy (non-hydrogen) atoms. The van der Waals surface area contributed by atoms with Crippen LogP contribution in [0.5, 0.6) is 0 Å². The molecular weight excluding hydrogens is 413 g/mol. The fourth-order valence-corrected chi connectivity index (χ4v) is 3.87. The molecule has 0 spiro atoms. The predicted molar refractivity (Wildman–Crippen MR) is 107 cm³/mol. The molecule has 3 rings (SSSR count). The molecule has 0 atom stereocenters. The normalized spacial score (nSPS) is 10.5. The molecule has 0 aliphatic heterocycles. The lowest BCUT2D eigenvalue weighted by Gasteiger charge is -2.04. The van der Waals surface area contributed by atoms with E-state index in [2.05, 4.69) is 15.6 Å². The van der Waals surface area contributed by atoms with Gasteiger partial charge in [-0.25, -0.2) is 4.98 Å². The van der Waals surface area contributed by atoms with E-state index >= 15 is 0 Å². The van der Waals surface area contributed by atoms with Gasteiger partial charge in [-0.15, -0.1) is 22.7 Å². The lowest BCUT2D eigenvalue weighted by atomic mass is 10.2. The first-order valence-corrected chi connectivity index (χ1v) is 10.1. The van der Waals surface area contributed by atoms with Crippen LogP contribution in [-0.4, -0.2) is 23.3 Å². The number of nitrogens with zero attached hydrogens (tertiary/aromatic N) is 1. The van der Waals surface area contributed by atoms with E-state index in [4.69, 9.17) is 23.2 Å². The number of amides is 2. The van der Waals surface area contributed by atoms with Crippen LogP contribution in [0.25, 0.3) is 11.3 Å². The lowest BCUT2D eigenvalue weighted by molar-refractivity contribution is -0.116. The van der Waals surface area contributed by atoms with E-state index in [0.717, 1.165) is 0 Å². The maximum absolute atomic E-state index is 12.0. The Hall–Kier alpha value is -1.93. The van der Waals surface area contributed by atoms with Crippen molar-refractivity contribution in [3.63, 3.8) is 0 Å². The molecule has 9 heteroatoms. The summed E-state index contributed by atoms with van der Waals surface area (Å²) in [6, 6.07) is 8.67. The van der Waals surface area contributed by atoms with Gasteiger partial charge in [0.1, 0.15) is 0 Å². The number of thiazole rings is 1. The third kappa shape index (κ3) is 4.82. The molecule has 1 aromatic carbocycles. The predicted octanol–water partition coefficient (Wildman–Crippen LogP) is 4.94. The number of anilines is 1. The van der Waals surface area contributed by atoms with Crippen molar-refractivity contribution < 1.29 is 9.59 Å². The molecule has 134 valence electrons. The second kappa shape index (κ2) is 8.64. The van der Waals surface area contributed by atoms with Crippen LogP contribution in [0.4, 0.5) is 5.13 Å². The number of hydrogen-bond acceptors (Lipinski definition) is 5. The second-order valence-electron chi connectivity index (χ2n) is 5.19. The average molecular weight is 426 g/mol. The number of nitrogens with one attached hydrogen (secondary N) is 2. The van der Waals surface area contributed by atoms with E-state index in [1.54, 1.807) is 35.7 Å². The molecule has 2 N–H and O–H groups in total. The summed E-state index contributed by atoms with van der Waals surface area (Å²) in [4.78, 5) is 28.8. The summed E-state index contributed by atoms with van der Waals surface area (Å²) in [5, 5.41) is 10.6.